The lowest BCUT2D eigenvalue weighted by Gasteiger charge is -2.27. The van der Waals surface area contributed by atoms with E-state index in [1.165, 1.54) is 7.11 Å². The van der Waals surface area contributed by atoms with Crippen LogP contribution >= 0.6 is 0 Å². The Morgan fingerprint density at radius 2 is 1.50 bits per heavy atom. The van der Waals surface area contributed by atoms with Crippen molar-refractivity contribution in [2.75, 3.05) is 7.11 Å². The number of carbonyl (C=O) groups excluding carboxylic acids is 2. The molecule has 0 aliphatic rings. The first-order valence-electron chi connectivity index (χ1n) is 8.07. The van der Waals surface area contributed by atoms with E-state index in [0.29, 0.717) is 16.3 Å². The molecule has 0 aliphatic carbocycles. The van der Waals surface area contributed by atoms with Gasteiger partial charge in [-0.15, -0.1) is 4.90 Å². The molecule has 2 amide bonds. The highest BCUT2D eigenvalue weighted by Crippen LogP contribution is 2.21. The summed E-state index contributed by atoms with van der Waals surface area (Å²) in [6, 6.07) is 6.69. The molecule has 0 saturated carbocycles. The zero-order chi connectivity index (χ0) is 20.1. The van der Waals surface area contributed by atoms with E-state index in [-0.39, 0.29) is 5.96 Å². The number of methoxy groups -OCH3 is 1. The summed E-state index contributed by atoms with van der Waals surface area (Å²) in [6.45, 7) is 10.0. The van der Waals surface area contributed by atoms with E-state index in [0.717, 1.165) is 0 Å². The lowest BCUT2D eigenvalue weighted by atomic mass is 10.2. The van der Waals surface area contributed by atoms with Crippen LogP contribution in [0.2, 0.25) is 0 Å². The van der Waals surface area contributed by atoms with Crippen LogP contribution in [0.4, 0.5) is 15.3 Å². The van der Waals surface area contributed by atoms with Gasteiger partial charge in [0.25, 0.3) is 0 Å². The van der Waals surface area contributed by atoms with Crippen molar-refractivity contribution in [2.24, 2.45) is 10.7 Å². The zero-order valence-electron chi connectivity index (χ0n) is 16.3. The van der Waals surface area contributed by atoms with E-state index < -0.39 is 23.4 Å². The average molecular weight is 365 g/mol. The summed E-state index contributed by atoms with van der Waals surface area (Å²) in [5.41, 5.74) is 4.66. The third kappa shape index (κ3) is 7.00. The van der Waals surface area contributed by atoms with Gasteiger partial charge in [0.1, 0.15) is 17.0 Å². The maximum absolute atomic E-state index is 12.5. The number of carbonyl (C=O) groups is 2. The number of aliphatic imine (C=N–C) groups is 1. The van der Waals surface area contributed by atoms with Crippen molar-refractivity contribution in [3.8, 4) is 5.75 Å². The van der Waals surface area contributed by atoms with Gasteiger partial charge < -0.3 is 19.9 Å². The average Bonchev–Trinajstić information content (AvgIpc) is 2.43. The molecule has 2 N–H and O–H groups in total. The van der Waals surface area contributed by atoms with Gasteiger partial charge in [-0.3, -0.25) is 0 Å². The Morgan fingerprint density at radius 1 is 1.00 bits per heavy atom. The van der Waals surface area contributed by atoms with Crippen LogP contribution in [0.3, 0.4) is 0 Å². The van der Waals surface area contributed by atoms with E-state index in [2.05, 4.69) is 4.99 Å². The molecule has 8 nitrogen and oxygen atoms in total. The fraction of sp³-hybridized carbons (Fsp3) is 0.500. The first kappa shape index (κ1) is 21.3. The number of benzene rings is 1. The molecule has 0 heterocycles. The molecule has 0 aliphatic heterocycles. The van der Waals surface area contributed by atoms with E-state index in [9.17, 15) is 9.59 Å². The molecule has 1 aromatic rings. The van der Waals surface area contributed by atoms with Crippen molar-refractivity contribution < 1.29 is 23.8 Å². The Morgan fingerprint density at radius 3 is 1.92 bits per heavy atom. The number of ether oxygens (including phenoxy) is 3. The van der Waals surface area contributed by atoms with Crippen LogP contribution in [-0.2, 0) is 9.47 Å². The third-order valence-electron chi connectivity index (χ3n) is 2.68. The SMILES string of the molecule is COc1cccc(N=C(N)N(C(=O)OC(C)(C)C)C(=O)OC(C)(C)C)c1. The van der Waals surface area contributed by atoms with Crippen LogP contribution < -0.4 is 10.5 Å². The molecule has 0 spiro atoms. The molecule has 0 fully saturated rings. The van der Waals surface area contributed by atoms with Gasteiger partial charge in [0, 0.05) is 6.07 Å². The van der Waals surface area contributed by atoms with Gasteiger partial charge in [-0.05, 0) is 53.7 Å². The van der Waals surface area contributed by atoms with Crippen LogP contribution in [0.1, 0.15) is 41.5 Å². The van der Waals surface area contributed by atoms with Crippen molar-refractivity contribution in [3.05, 3.63) is 24.3 Å². The Hall–Kier alpha value is -2.77. The number of hydrogen-bond acceptors (Lipinski definition) is 6. The van der Waals surface area contributed by atoms with Gasteiger partial charge in [-0.25, -0.2) is 14.6 Å². The molecular formula is C18H27N3O5. The largest absolute Gasteiger partial charge is 0.497 e. The fourth-order valence-electron chi connectivity index (χ4n) is 1.74. The second kappa shape index (κ2) is 8.07. The van der Waals surface area contributed by atoms with Gasteiger partial charge >= 0.3 is 12.2 Å². The van der Waals surface area contributed by atoms with E-state index in [4.69, 9.17) is 19.9 Å². The number of amides is 2. The number of nitrogens with zero attached hydrogens (tertiary/aromatic N) is 2. The number of guanidine groups is 1. The predicted molar refractivity (Wildman–Crippen MR) is 98.6 cm³/mol. The molecule has 26 heavy (non-hydrogen) atoms. The summed E-state index contributed by atoms with van der Waals surface area (Å²) in [4.78, 5) is 29.6. The summed E-state index contributed by atoms with van der Waals surface area (Å²) < 4.78 is 15.6. The highest BCUT2D eigenvalue weighted by atomic mass is 16.6. The van der Waals surface area contributed by atoms with Crippen LogP contribution in [0.25, 0.3) is 0 Å². The molecule has 1 rings (SSSR count). The minimum absolute atomic E-state index is 0.373. The van der Waals surface area contributed by atoms with Gasteiger partial charge in [0.05, 0.1) is 12.8 Å². The Balaban J connectivity index is 3.22. The summed E-state index contributed by atoms with van der Waals surface area (Å²) in [6.07, 6.45) is -1.95. The van der Waals surface area contributed by atoms with E-state index in [1.807, 2.05) is 0 Å². The molecule has 1 aromatic carbocycles. The third-order valence-corrected chi connectivity index (χ3v) is 2.68. The predicted octanol–water partition coefficient (Wildman–Crippen LogP) is 3.81. The smallest absolute Gasteiger partial charge is 0.427 e. The second-order valence-electron chi connectivity index (χ2n) is 7.47. The number of imide groups is 1. The molecule has 0 saturated heterocycles. The van der Waals surface area contributed by atoms with Crippen LogP contribution in [0, 0.1) is 0 Å². The molecule has 0 radical (unpaired) electrons. The van der Waals surface area contributed by atoms with Crippen molar-refractivity contribution in [2.45, 2.75) is 52.7 Å². The Kier molecular flexibility index (Phi) is 6.60. The number of nitrogens with two attached hydrogens (primary N) is 1. The standard InChI is InChI=1S/C18H27N3O5/c1-17(2,3)25-15(22)21(16(23)26-18(4,5)6)14(19)20-12-9-8-10-13(11-12)24-7/h8-11H,1-7H3,(H2,19,20). The zero-order valence-corrected chi connectivity index (χ0v) is 16.3. The van der Waals surface area contributed by atoms with Crippen LogP contribution in [-0.4, -0.2) is 41.4 Å². The molecule has 144 valence electrons. The Bertz CT molecular complexity index is 659. The van der Waals surface area contributed by atoms with E-state index in [1.54, 1.807) is 65.8 Å². The summed E-state index contributed by atoms with van der Waals surface area (Å²) in [5, 5.41) is 0. The highest BCUT2D eigenvalue weighted by molar-refractivity contribution is 6.08. The van der Waals surface area contributed by atoms with Crippen LogP contribution in [0.5, 0.6) is 5.75 Å². The second-order valence-corrected chi connectivity index (χ2v) is 7.47. The van der Waals surface area contributed by atoms with Crippen molar-refractivity contribution in [1.82, 2.24) is 4.90 Å². The summed E-state index contributed by atoms with van der Waals surface area (Å²) >= 11 is 0. The van der Waals surface area contributed by atoms with Crippen molar-refractivity contribution in [1.29, 1.82) is 0 Å². The van der Waals surface area contributed by atoms with Gasteiger partial charge in [0.15, 0.2) is 0 Å². The lowest BCUT2D eigenvalue weighted by Crippen LogP contribution is -2.49. The first-order chi connectivity index (χ1) is 11.8. The van der Waals surface area contributed by atoms with Gasteiger partial charge in [-0.2, -0.15) is 0 Å². The normalized spacial score (nSPS) is 12.3. The topological polar surface area (TPSA) is 103 Å². The molecular weight excluding hydrogens is 338 g/mol. The summed E-state index contributed by atoms with van der Waals surface area (Å²) in [5.74, 6) is 0.182. The van der Waals surface area contributed by atoms with Crippen LogP contribution in [0.15, 0.2) is 29.3 Å². The highest BCUT2D eigenvalue weighted by Gasteiger charge is 2.34. The maximum atomic E-state index is 12.5. The quantitative estimate of drug-likeness (QED) is 0.631. The maximum Gasteiger partial charge on any atom is 0.427 e. The minimum atomic E-state index is -0.976. The van der Waals surface area contributed by atoms with Crippen molar-refractivity contribution in [3.63, 3.8) is 0 Å². The first-order valence-corrected chi connectivity index (χ1v) is 8.07. The minimum Gasteiger partial charge on any atom is -0.497 e. The number of rotatable bonds is 2. The molecule has 0 atom stereocenters. The molecule has 0 aromatic heterocycles. The molecule has 0 unspecified atom stereocenters. The van der Waals surface area contributed by atoms with E-state index >= 15 is 0 Å². The monoisotopic (exact) mass is 365 g/mol. The van der Waals surface area contributed by atoms with Gasteiger partial charge in [-0.1, -0.05) is 6.07 Å². The lowest BCUT2D eigenvalue weighted by molar-refractivity contribution is 0.0145. The fourth-order valence-corrected chi connectivity index (χ4v) is 1.74. The molecule has 0 bridgehead atoms. The van der Waals surface area contributed by atoms with Crippen molar-refractivity contribution >= 4 is 23.8 Å². The summed E-state index contributed by atoms with van der Waals surface area (Å²) in [7, 11) is 1.51. The Labute approximate surface area is 153 Å². The molecule has 8 heteroatoms. The number of hydrogen-bond donors (Lipinski definition) is 1. The van der Waals surface area contributed by atoms with Gasteiger partial charge in [0.2, 0.25) is 5.96 Å².